The number of nitrogens with two attached hydrogens (primary N) is 1. The first kappa shape index (κ1) is 13.7. The van der Waals surface area contributed by atoms with Gasteiger partial charge in [-0.2, -0.15) is 9.47 Å². The molecular weight excluding hydrogens is 288 g/mol. The maximum atomic E-state index is 11.6. The van der Waals surface area contributed by atoms with Crippen LogP contribution in [0.5, 0.6) is 0 Å². The fraction of sp³-hybridized carbons (Fsp3) is 0.444. The fourth-order valence-corrected chi connectivity index (χ4v) is 3.67. The number of nitrogens with zero attached hydrogens (tertiary/aromatic N) is 3. The lowest BCUT2D eigenvalue weighted by atomic mass is 10.3. The highest BCUT2D eigenvalue weighted by molar-refractivity contribution is 7.91. The maximum absolute atomic E-state index is 11.6. The molecule has 0 spiro atoms. The van der Waals surface area contributed by atoms with Gasteiger partial charge in [-0.05, 0) is 18.0 Å². The Hall–Kier alpha value is -1.68. The summed E-state index contributed by atoms with van der Waals surface area (Å²) >= 11 is 1.05. The van der Waals surface area contributed by atoms with Crippen LogP contribution in [0.15, 0.2) is 11.2 Å². The number of hydrogen-bond donors (Lipinski definition) is 3. The highest BCUT2D eigenvalue weighted by atomic mass is 32.2. The third kappa shape index (κ3) is 3.41. The normalized spacial score (nSPS) is 11.6. The number of aromatic amines is 1. The van der Waals surface area contributed by atoms with Crippen LogP contribution in [0.2, 0.25) is 0 Å². The molecule has 104 valence electrons. The molecule has 0 unspecified atom stereocenters. The Bertz CT molecular complexity index is 634. The Balaban J connectivity index is 1.93. The van der Waals surface area contributed by atoms with Crippen molar-refractivity contribution in [2.24, 2.45) is 0 Å². The van der Waals surface area contributed by atoms with Gasteiger partial charge in [-0.3, -0.25) is 5.10 Å². The molecule has 0 aliphatic rings. The topological polar surface area (TPSA) is 127 Å². The zero-order valence-corrected chi connectivity index (χ0v) is 11.9. The molecule has 0 amide bonds. The van der Waals surface area contributed by atoms with E-state index in [0.29, 0.717) is 11.5 Å². The van der Waals surface area contributed by atoms with Crippen molar-refractivity contribution in [3.63, 3.8) is 0 Å². The Morgan fingerprint density at radius 1 is 1.53 bits per heavy atom. The van der Waals surface area contributed by atoms with Gasteiger partial charge in [-0.15, -0.1) is 0 Å². The predicted octanol–water partition coefficient (Wildman–Crippen LogP) is 0.292. The number of H-pyrrole nitrogens is 1. The van der Waals surface area contributed by atoms with Crippen LogP contribution in [-0.4, -0.2) is 40.8 Å². The van der Waals surface area contributed by atoms with Crippen molar-refractivity contribution in [1.29, 1.82) is 0 Å². The molecule has 2 aromatic rings. The van der Waals surface area contributed by atoms with Crippen molar-refractivity contribution in [3.8, 4) is 0 Å². The summed E-state index contributed by atoms with van der Waals surface area (Å²) in [5.41, 5.74) is 5.57. The number of aromatic nitrogens is 4. The predicted molar refractivity (Wildman–Crippen MR) is 72.8 cm³/mol. The Morgan fingerprint density at radius 3 is 2.95 bits per heavy atom. The van der Waals surface area contributed by atoms with Crippen LogP contribution in [-0.2, 0) is 16.3 Å². The first-order chi connectivity index (χ1) is 8.98. The van der Waals surface area contributed by atoms with E-state index in [1.54, 1.807) is 0 Å². The first-order valence-electron chi connectivity index (χ1n) is 5.52. The molecule has 0 aliphatic carbocycles. The molecule has 0 saturated carbocycles. The molecule has 2 rings (SSSR count). The molecule has 2 heterocycles. The van der Waals surface area contributed by atoms with Gasteiger partial charge in [0.05, 0.1) is 0 Å². The summed E-state index contributed by atoms with van der Waals surface area (Å²) in [6.07, 6.45) is 4.09. The van der Waals surface area contributed by atoms with Gasteiger partial charge in [-0.1, -0.05) is 0 Å². The SMILES string of the molecule is CS(=O)(=O)c1c(N)nsc1NCCCc1ncn[nH]1. The van der Waals surface area contributed by atoms with E-state index >= 15 is 0 Å². The van der Waals surface area contributed by atoms with Crippen molar-refractivity contribution in [3.05, 3.63) is 12.2 Å². The zero-order chi connectivity index (χ0) is 13.9. The Labute approximate surface area is 114 Å². The van der Waals surface area contributed by atoms with Crippen LogP contribution in [0.4, 0.5) is 10.8 Å². The van der Waals surface area contributed by atoms with E-state index in [9.17, 15) is 8.42 Å². The van der Waals surface area contributed by atoms with E-state index in [2.05, 4.69) is 24.9 Å². The third-order valence-electron chi connectivity index (χ3n) is 2.39. The Morgan fingerprint density at radius 2 is 2.32 bits per heavy atom. The number of aryl methyl sites for hydroxylation is 1. The standard InChI is InChI=1S/C9H14N6O2S2/c1-19(16,17)7-8(10)15-18-9(7)11-4-2-3-6-12-5-13-14-6/h5,11H,2-4H2,1H3,(H2,10,15)(H,12,13,14). The molecule has 0 saturated heterocycles. The van der Waals surface area contributed by atoms with Gasteiger partial charge >= 0.3 is 0 Å². The zero-order valence-electron chi connectivity index (χ0n) is 10.3. The molecular formula is C9H14N6O2S2. The average molecular weight is 302 g/mol. The molecule has 10 heteroatoms. The summed E-state index contributed by atoms with van der Waals surface area (Å²) in [6, 6.07) is 0. The average Bonchev–Trinajstić information content (AvgIpc) is 2.93. The molecule has 4 N–H and O–H groups in total. The van der Waals surface area contributed by atoms with Crippen LogP contribution >= 0.6 is 11.5 Å². The minimum absolute atomic E-state index is 0.0465. The summed E-state index contributed by atoms with van der Waals surface area (Å²) in [4.78, 5) is 4.08. The third-order valence-corrected chi connectivity index (χ3v) is 4.49. The van der Waals surface area contributed by atoms with E-state index in [0.717, 1.165) is 36.5 Å². The molecule has 0 aromatic carbocycles. The van der Waals surface area contributed by atoms with E-state index in [-0.39, 0.29) is 10.7 Å². The summed E-state index contributed by atoms with van der Waals surface area (Å²) in [7, 11) is -3.37. The summed E-state index contributed by atoms with van der Waals surface area (Å²) in [5, 5.41) is 10.0. The summed E-state index contributed by atoms with van der Waals surface area (Å²) < 4.78 is 27.0. The van der Waals surface area contributed by atoms with Crippen molar-refractivity contribution >= 4 is 32.2 Å². The van der Waals surface area contributed by atoms with Gasteiger partial charge in [0, 0.05) is 19.2 Å². The number of sulfone groups is 1. The lowest BCUT2D eigenvalue weighted by molar-refractivity contribution is 0.602. The minimum atomic E-state index is -3.37. The second-order valence-corrected chi connectivity index (χ2v) is 6.69. The first-order valence-corrected chi connectivity index (χ1v) is 8.18. The molecule has 0 bridgehead atoms. The van der Waals surface area contributed by atoms with Crippen LogP contribution in [0, 0.1) is 0 Å². The van der Waals surface area contributed by atoms with Crippen LogP contribution in [0.3, 0.4) is 0 Å². The van der Waals surface area contributed by atoms with Crippen LogP contribution < -0.4 is 11.1 Å². The van der Waals surface area contributed by atoms with Crippen molar-refractivity contribution in [2.45, 2.75) is 17.7 Å². The maximum Gasteiger partial charge on any atom is 0.182 e. The van der Waals surface area contributed by atoms with E-state index in [1.165, 1.54) is 6.33 Å². The monoisotopic (exact) mass is 302 g/mol. The minimum Gasteiger partial charge on any atom is -0.382 e. The lowest BCUT2D eigenvalue weighted by Gasteiger charge is -2.04. The second-order valence-electron chi connectivity index (χ2n) is 3.96. The van der Waals surface area contributed by atoms with Gasteiger partial charge in [0.15, 0.2) is 15.7 Å². The largest absolute Gasteiger partial charge is 0.382 e. The van der Waals surface area contributed by atoms with Gasteiger partial charge < -0.3 is 11.1 Å². The number of hydrogen-bond acceptors (Lipinski definition) is 8. The van der Waals surface area contributed by atoms with Gasteiger partial charge in [0.25, 0.3) is 0 Å². The van der Waals surface area contributed by atoms with Gasteiger partial charge in [-0.25, -0.2) is 13.4 Å². The van der Waals surface area contributed by atoms with Crippen molar-refractivity contribution in [2.75, 3.05) is 23.9 Å². The molecule has 0 atom stereocenters. The number of rotatable bonds is 6. The number of anilines is 2. The van der Waals surface area contributed by atoms with Gasteiger partial charge in [0.2, 0.25) is 0 Å². The lowest BCUT2D eigenvalue weighted by Crippen LogP contribution is -2.07. The molecule has 19 heavy (non-hydrogen) atoms. The van der Waals surface area contributed by atoms with E-state index in [4.69, 9.17) is 5.73 Å². The molecule has 0 fully saturated rings. The van der Waals surface area contributed by atoms with Crippen LogP contribution in [0.1, 0.15) is 12.2 Å². The Kier molecular flexibility index (Phi) is 4.00. The number of nitrogen functional groups attached to an aromatic ring is 1. The molecule has 0 radical (unpaired) electrons. The fourth-order valence-electron chi connectivity index (χ4n) is 1.57. The van der Waals surface area contributed by atoms with Crippen molar-refractivity contribution < 1.29 is 8.42 Å². The summed E-state index contributed by atoms with van der Waals surface area (Å²) in [5.74, 6) is 0.846. The number of nitrogens with one attached hydrogen (secondary N) is 2. The van der Waals surface area contributed by atoms with E-state index in [1.807, 2.05) is 0 Å². The molecule has 8 nitrogen and oxygen atoms in total. The van der Waals surface area contributed by atoms with Crippen LogP contribution in [0.25, 0.3) is 0 Å². The second kappa shape index (κ2) is 5.53. The molecule has 0 aliphatic heterocycles. The van der Waals surface area contributed by atoms with Crippen molar-refractivity contribution in [1.82, 2.24) is 19.6 Å². The smallest absolute Gasteiger partial charge is 0.182 e. The van der Waals surface area contributed by atoms with E-state index < -0.39 is 9.84 Å². The highest BCUT2D eigenvalue weighted by Gasteiger charge is 2.20. The highest BCUT2D eigenvalue weighted by Crippen LogP contribution is 2.31. The molecule has 2 aromatic heterocycles. The summed E-state index contributed by atoms with van der Waals surface area (Å²) in [6.45, 7) is 0.602. The van der Waals surface area contributed by atoms with Gasteiger partial charge in [0.1, 0.15) is 22.0 Å². The quantitative estimate of drug-likeness (QED) is 0.654.